The molecule has 0 heterocycles. The number of ether oxygens (including phenoxy) is 2. The van der Waals surface area contributed by atoms with E-state index in [2.05, 4.69) is 0 Å². The van der Waals surface area contributed by atoms with Crippen LogP contribution in [-0.2, 0) is 19.1 Å². The average molecular weight is 485 g/mol. The second kappa shape index (κ2) is 10.5. The standard InChI is InChI=1S/C30H44O5/c1-6-19(29(33)35-30(3,4)5)15-21(20-10-12-23(31)13-11-20)14-18(2)28(32)34-27-17-22-16-26(27)25-9-7-8-24(22)25/h10-13,18-19,21-22,24-27,31H,6-9,14-17H2,1-5H3. The number of phenols is 1. The average Bonchev–Trinajstić information content (AvgIpc) is 3.49. The zero-order chi connectivity index (χ0) is 25.3. The molecule has 1 aromatic rings. The summed E-state index contributed by atoms with van der Waals surface area (Å²) in [6, 6.07) is 7.14. The third-order valence-corrected chi connectivity index (χ3v) is 8.84. The molecule has 3 aliphatic carbocycles. The number of carbonyl (C=O) groups excluding carboxylic acids is 2. The predicted octanol–water partition coefficient (Wildman–Crippen LogP) is 6.63. The minimum Gasteiger partial charge on any atom is -0.508 e. The van der Waals surface area contributed by atoms with Gasteiger partial charge in [0.15, 0.2) is 0 Å². The number of hydrogen-bond donors (Lipinski definition) is 1. The molecule has 5 nitrogen and oxygen atoms in total. The lowest BCUT2D eigenvalue weighted by Crippen LogP contribution is -2.34. The molecule has 194 valence electrons. The van der Waals surface area contributed by atoms with Gasteiger partial charge in [0.2, 0.25) is 0 Å². The Morgan fingerprint density at radius 1 is 1.00 bits per heavy atom. The summed E-state index contributed by atoms with van der Waals surface area (Å²) in [5.74, 6) is 2.37. The predicted molar refractivity (Wildman–Crippen MR) is 136 cm³/mol. The van der Waals surface area contributed by atoms with Crippen molar-refractivity contribution in [1.82, 2.24) is 0 Å². The number of esters is 2. The second-order valence-electron chi connectivity index (χ2n) is 12.4. The van der Waals surface area contributed by atoms with Crippen LogP contribution in [0.2, 0.25) is 0 Å². The lowest BCUT2D eigenvalue weighted by molar-refractivity contribution is -0.160. The van der Waals surface area contributed by atoms with Crippen molar-refractivity contribution in [3.63, 3.8) is 0 Å². The highest BCUT2D eigenvalue weighted by Gasteiger charge is 2.55. The maximum absolute atomic E-state index is 13.2. The fourth-order valence-corrected chi connectivity index (χ4v) is 7.20. The van der Waals surface area contributed by atoms with Crippen LogP contribution in [0.3, 0.4) is 0 Å². The Morgan fingerprint density at radius 3 is 2.34 bits per heavy atom. The zero-order valence-corrected chi connectivity index (χ0v) is 22.2. The lowest BCUT2D eigenvalue weighted by atomic mass is 9.80. The van der Waals surface area contributed by atoms with Crippen molar-refractivity contribution in [3.05, 3.63) is 29.8 Å². The van der Waals surface area contributed by atoms with Crippen LogP contribution >= 0.6 is 0 Å². The van der Waals surface area contributed by atoms with Gasteiger partial charge in [-0.1, -0.05) is 32.4 Å². The minimum atomic E-state index is -0.533. The Morgan fingerprint density at radius 2 is 1.69 bits per heavy atom. The van der Waals surface area contributed by atoms with E-state index in [4.69, 9.17) is 9.47 Å². The topological polar surface area (TPSA) is 72.8 Å². The Balaban J connectivity index is 1.41. The Bertz CT molecular complexity index is 885. The third kappa shape index (κ3) is 6.03. The van der Waals surface area contributed by atoms with E-state index in [9.17, 15) is 14.7 Å². The molecular formula is C30H44O5. The maximum atomic E-state index is 13.2. The van der Waals surface area contributed by atoms with Crippen molar-refractivity contribution in [3.8, 4) is 5.75 Å². The molecule has 1 N–H and O–H groups in total. The quantitative estimate of drug-likeness (QED) is 0.398. The molecule has 3 fully saturated rings. The molecule has 1 aromatic carbocycles. The van der Waals surface area contributed by atoms with Crippen LogP contribution in [0.1, 0.15) is 97.5 Å². The van der Waals surface area contributed by atoms with Gasteiger partial charge in [-0.25, -0.2) is 0 Å². The van der Waals surface area contributed by atoms with Crippen molar-refractivity contribution in [1.29, 1.82) is 0 Å². The lowest BCUT2D eigenvalue weighted by Gasteiger charge is -2.32. The fourth-order valence-electron chi connectivity index (χ4n) is 7.20. The van der Waals surface area contributed by atoms with E-state index >= 15 is 0 Å². The SMILES string of the molecule is CCC(CC(CC(C)C(=O)OC1CC2CC1C1CCCC21)c1ccc(O)cc1)C(=O)OC(C)(C)C. The molecule has 35 heavy (non-hydrogen) atoms. The van der Waals surface area contributed by atoms with Gasteiger partial charge in [-0.2, -0.15) is 0 Å². The highest BCUT2D eigenvalue weighted by atomic mass is 16.6. The fraction of sp³-hybridized carbons (Fsp3) is 0.733. The van der Waals surface area contributed by atoms with Crippen molar-refractivity contribution in [2.45, 2.75) is 104 Å². The summed E-state index contributed by atoms with van der Waals surface area (Å²) in [4.78, 5) is 26.1. The molecule has 5 heteroatoms. The highest BCUT2D eigenvalue weighted by molar-refractivity contribution is 5.73. The van der Waals surface area contributed by atoms with Gasteiger partial charge in [-0.3, -0.25) is 9.59 Å². The van der Waals surface area contributed by atoms with E-state index in [1.807, 2.05) is 46.8 Å². The molecule has 0 saturated heterocycles. The summed E-state index contributed by atoms with van der Waals surface area (Å²) in [6.07, 6.45) is 8.27. The molecule has 0 amide bonds. The van der Waals surface area contributed by atoms with Gasteiger partial charge in [-0.05, 0) is 113 Å². The normalized spacial score (nSPS) is 29.9. The number of aromatic hydroxyl groups is 1. The molecule has 0 spiro atoms. The molecule has 4 rings (SSSR count). The van der Waals surface area contributed by atoms with Crippen LogP contribution in [-0.4, -0.2) is 28.8 Å². The summed E-state index contributed by atoms with van der Waals surface area (Å²) < 4.78 is 11.8. The highest BCUT2D eigenvalue weighted by Crippen LogP contribution is 2.59. The minimum absolute atomic E-state index is 0.00476. The van der Waals surface area contributed by atoms with Gasteiger partial charge in [-0.15, -0.1) is 0 Å². The Labute approximate surface area is 211 Å². The van der Waals surface area contributed by atoms with E-state index in [0.717, 1.165) is 29.7 Å². The van der Waals surface area contributed by atoms with E-state index in [0.29, 0.717) is 25.2 Å². The van der Waals surface area contributed by atoms with Gasteiger partial charge < -0.3 is 14.6 Å². The number of hydrogen-bond acceptors (Lipinski definition) is 5. The first-order valence-corrected chi connectivity index (χ1v) is 13.8. The first-order chi connectivity index (χ1) is 16.6. The molecule has 8 unspecified atom stereocenters. The van der Waals surface area contributed by atoms with Gasteiger partial charge in [0.1, 0.15) is 17.5 Å². The number of benzene rings is 1. The van der Waals surface area contributed by atoms with Crippen molar-refractivity contribution < 1.29 is 24.2 Å². The Hall–Kier alpha value is -2.04. The van der Waals surface area contributed by atoms with Gasteiger partial charge >= 0.3 is 11.9 Å². The molecule has 8 atom stereocenters. The van der Waals surface area contributed by atoms with Gasteiger partial charge in [0.25, 0.3) is 0 Å². The Kier molecular flexibility index (Phi) is 7.83. The zero-order valence-electron chi connectivity index (χ0n) is 22.2. The smallest absolute Gasteiger partial charge is 0.309 e. The number of fused-ring (bicyclic) bond motifs is 5. The van der Waals surface area contributed by atoms with Crippen LogP contribution in [0.15, 0.2) is 24.3 Å². The number of phenolic OH excluding ortho intramolecular Hbond substituents is 1. The van der Waals surface area contributed by atoms with Crippen LogP contribution in [0, 0.1) is 35.5 Å². The molecule has 3 aliphatic rings. The molecule has 0 aromatic heterocycles. The number of rotatable bonds is 9. The maximum Gasteiger partial charge on any atom is 0.309 e. The summed E-state index contributed by atoms with van der Waals surface area (Å²) in [5.41, 5.74) is 0.493. The number of carbonyl (C=O) groups is 2. The molecule has 3 saturated carbocycles. The van der Waals surface area contributed by atoms with Gasteiger partial charge in [0, 0.05) is 0 Å². The molecule has 0 aliphatic heterocycles. The van der Waals surface area contributed by atoms with E-state index < -0.39 is 5.60 Å². The van der Waals surface area contributed by atoms with Crippen molar-refractivity contribution >= 4 is 11.9 Å². The summed E-state index contributed by atoms with van der Waals surface area (Å²) in [5, 5.41) is 9.78. The van der Waals surface area contributed by atoms with Crippen LogP contribution < -0.4 is 0 Å². The second-order valence-corrected chi connectivity index (χ2v) is 12.4. The molecular weight excluding hydrogens is 440 g/mol. The molecule has 2 bridgehead atoms. The van der Waals surface area contributed by atoms with E-state index in [1.165, 1.54) is 25.7 Å². The van der Waals surface area contributed by atoms with Crippen molar-refractivity contribution in [2.24, 2.45) is 35.5 Å². The third-order valence-electron chi connectivity index (χ3n) is 8.84. The van der Waals surface area contributed by atoms with Gasteiger partial charge in [0.05, 0.1) is 11.8 Å². The summed E-state index contributed by atoms with van der Waals surface area (Å²) >= 11 is 0. The first-order valence-electron chi connectivity index (χ1n) is 13.8. The van der Waals surface area contributed by atoms with Crippen LogP contribution in [0.4, 0.5) is 0 Å². The van der Waals surface area contributed by atoms with E-state index in [1.54, 1.807) is 12.1 Å². The van der Waals surface area contributed by atoms with Crippen LogP contribution in [0.5, 0.6) is 5.75 Å². The largest absolute Gasteiger partial charge is 0.508 e. The summed E-state index contributed by atoms with van der Waals surface area (Å²) in [6.45, 7) is 9.62. The monoisotopic (exact) mass is 484 g/mol. The first kappa shape index (κ1) is 26.0. The summed E-state index contributed by atoms with van der Waals surface area (Å²) in [7, 11) is 0. The van der Waals surface area contributed by atoms with E-state index in [-0.39, 0.29) is 41.5 Å². The van der Waals surface area contributed by atoms with Crippen molar-refractivity contribution in [2.75, 3.05) is 0 Å². The molecule has 0 radical (unpaired) electrons. The van der Waals surface area contributed by atoms with Crippen LogP contribution in [0.25, 0.3) is 0 Å².